The van der Waals surface area contributed by atoms with Gasteiger partial charge in [0.25, 0.3) is 0 Å². The first-order chi connectivity index (χ1) is 6.87. The van der Waals surface area contributed by atoms with Crippen LogP contribution in [0.5, 0.6) is 0 Å². The smallest absolute Gasteiger partial charge is 0.223 e. The average molecular weight is 208 g/mol. The van der Waals surface area contributed by atoms with Gasteiger partial charge in [0.15, 0.2) is 0 Å². The van der Waals surface area contributed by atoms with Crippen LogP contribution < -0.4 is 11.1 Å². The summed E-state index contributed by atoms with van der Waals surface area (Å²) < 4.78 is 0. The normalized spacial score (nSPS) is 19.6. The van der Waals surface area contributed by atoms with Crippen molar-refractivity contribution in [3.05, 3.63) is 0 Å². The zero-order valence-corrected chi connectivity index (χ0v) is 9.60. The molecule has 0 atom stereocenters. The lowest BCUT2D eigenvalue weighted by Gasteiger charge is -2.26. The van der Waals surface area contributed by atoms with E-state index < -0.39 is 5.54 Å². The maximum Gasteiger partial charge on any atom is 0.223 e. The van der Waals surface area contributed by atoms with E-state index in [1.54, 1.807) is 0 Å². The molecular weight excluding hydrogens is 188 g/mol. The second-order valence-corrected chi connectivity index (χ2v) is 5.06. The monoisotopic (exact) mass is 208 g/mol. The van der Waals surface area contributed by atoms with Gasteiger partial charge in [-0.3, -0.25) is 4.79 Å². The van der Waals surface area contributed by atoms with Gasteiger partial charge in [-0.05, 0) is 26.7 Å². The minimum absolute atomic E-state index is 0.0395. The Hall–Kier alpha value is -1.01. The highest BCUT2D eigenvalue weighted by Gasteiger charge is 2.32. The quantitative estimate of drug-likeness (QED) is 0.684. The molecule has 1 saturated carbocycles. The van der Waals surface area contributed by atoms with Gasteiger partial charge in [-0.2, -0.15) is 0 Å². The van der Waals surface area contributed by atoms with E-state index in [0.29, 0.717) is 6.42 Å². The summed E-state index contributed by atoms with van der Waals surface area (Å²) in [6.07, 6.45) is 9.82. The largest absolute Gasteiger partial charge is 0.340 e. The third-order valence-electron chi connectivity index (χ3n) is 2.92. The van der Waals surface area contributed by atoms with Gasteiger partial charge in [0.1, 0.15) is 0 Å². The molecule has 0 aromatic heterocycles. The number of hydrogen-bond acceptors (Lipinski definition) is 2. The molecule has 84 valence electrons. The van der Waals surface area contributed by atoms with Gasteiger partial charge in [0.2, 0.25) is 5.91 Å². The van der Waals surface area contributed by atoms with E-state index in [1.807, 2.05) is 13.8 Å². The van der Waals surface area contributed by atoms with Crippen molar-refractivity contribution in [3.8, 4) is 12.3 Å². The molecule has 0 radical (unpaired) electrons. The topological polar surface area (TPSA) is 55.1 Å². The standard InChI is InChI=1S/C12H20N2O/c1-4-11(2,3)14-10(15)9-12(13)7-5-6-8-12/h1H,5-9,13H2,2-3H3,(H,14,15). The van der Waals surface area contributed by atoms with Crippen molar-refractivity contribution < 1.29 is 4.79 Å². The predicted octanol–water partition coefficient (Wildman–Crippen LogP) is 1.18. The van der Waals surface area contributed by atoms with Crippen LogP contribution in [0.15, 0.2) is 0 Å². The van der Waals surface area contributed by atoms with Crippen LogP contribution in [-0.2, 0) is 4.79 Å². The molecule has 3 N–H and O–H groups in total. The Balaban J connectivity index is 2.46. The number of terminal acetylenes is 1. The van der Waals surface area contributed by atoms with Gasteiger partial charge >= 0.3 is 0 Å². The van der Waals surface area contributed by atoms with Crippen LogP contribution in [0.4, 0.5) is 0 Å². The first-order valence-electron chi connectivity index (χ1n) is 5.45. The van der Waals surface area contributed by atoms with E-state index in [2.05, 4.69) is 11.2 Å². The van der Waals surface area contributed by atoms with Crippen molar-refractivity contribution in [2.75, 3.05) is 0 Å². The van der Waals surface area contributed by atoms with Gasteiger partial charge in [-0.1, -0.05) is 18.8 Å². The summed E-state index contributed by atoms with van der Waals surface area (Å²) in [7, 11) is 0. The maximum absolute atomic E-state index is 11.7. The van der Waals surface area contributed by atoms with Crippen LogP contribution in [0, 0.1) is 12.3 Å². The molecule has 0 aromatic carbocycles. The van der Waals surface area contributed by atoms with Crippen molar-refractivity contribution in [2.45, 2.75) is 57.0 Å². The van der Waals surface area contributed by atoms with E-state index in [0.717, 1.165) is 25.7 Å². The Morgan fingerprint density at radius 3 is 2.53 bits per heavy atom. The van der Waals surface area contributed by atoms with Crippen molar-refractivity contribution in [1.82, 2.24) is 5.32 Å². The molecule has 0 saturated heterocycles. The summed E-state index contributed by atoms with van der Waals surface area (Å²) in [6, 6.07) is 0. The van der Waals surface area contributed by atoms with E-state index in [4.69, 9.17) is 12.2 Å². The summed E-state index contributed by atoms with van der Waals surface area (Å²) >= 11 is 0. The Morgan fingerprint density at radius 2 is 2.07 bits per heavy atom. The molecule has 0 heterocycles. The van der Waals surface area contributed by atoms with Gasteiger partial charge in [-0.15, -0.1) is 6.42 Å². The fourth-order valence-corrected chi connectivity index (χ4v) is 2.00. The lowest BCUT2D eigenvalue weighted by Crippen LogP contribution is -2.48. The maximum atomic E-state index is 11.7. The first-order valence-corrected chi connectivity index (χ1v) is 5.45. The molecule has 1 fully saturated rings. The molecule has 0 aliphatic heterocycles. The molecule has 0 unspecified atom stereocenters. The van der Waals surface area contributed by atoms with E-state index in [9.17, 15) is 4.79 Å². The summed E-state index contributed by atoms with van der Waals surface area (Å²) in [5.41, 5.74) is 5.23. The van der Waals surface area contributed by atoms with Gasteiger partial charge in [-0.25, -0.2) is 0 Å². The Kier molecular flexibility index (Phi) is 3.41. The summed E-state index contributed by atoms with van der Waals surface area (Å²) in [5.74, 6) is 2.50. The Morgan fingerprint density at radius 1 is 1.53 bits per heavy atom. The molecule has 1 aliphatic carbocycles. The van der Waals surface area contributed by atoms with Crippen LogP contribution in [0.3, 0.4) is 0 Å². The number of carbonyl (C=O) groups excluding carboxylic acids is 1. The number of amides is 1. The molecular formula is C12H20N2O. The van der Waals surface area contributed by atoms with Crippen LogP contribution in [0.2, 0.25) is 0 Å². The highest BCUT2D eigenvalue weighted by atomic mass is 16.1. The molecule has 1 rings (SSSR count). The number of carbonyl (C=O) groups is 1. The van der Waals surface area contributed by atoms with Crippen LogP contribution in [0.1, 0.15) is 46.0 Å². The highest BCUT2D eigenvalue weighted by molar-refractivity contribution is 5.78. The molecule has 3 heteroatoms. The zero-order chi connectivity index (χ0) is 11.5. The van der Waals surface area contributed by atoms with Crippen LogP contribution in [-0.4, -0.2) is 17.0 Å². The molecule has 3 nitrogen and oxygen atoms in total. The van der Waals surface area contributed by atoms with Crippen molar-refractivity contribution in [3.63, 3.8) is 0 Å². The summed E-state index contributed by atoms with van der Waals surface area (Å²) in [5, 5.41) is 2.80. The number of nitrogens with one attached hydrogen (secondary N) is 1. The van der Waals surface area contributed by atoms with E-state index in [1.165, 1.54) is 0 Å². The Labute approximate surface area is 91.8 Å². The summed E-state index contributed by atoms with van der Waals surface area (Å²) in [4.78, 5) is 11.7. The number of hydrogen-bond donors (Lipinski definition) is 2. The minimum Gasteiger partial charge on any atom is -0.340 e. The van der Waals surface area contributed by atoms with Crippen molar-refractivity contribution in [1.29, 1.82) is 0 Å². The third-order valence-corrected chi connectivity index (χ3v) is 2.92. The second kappa shape index (κ2) is 4.24. The van der Waals surface area contributed by atoms with Gasteiger partial charge < -0.3 is 11.1 Å². The van der Waals surface area contributed by atoms with Crippen LogP contribution >= 0.6 is 0 Å². The molecule has 15 heavy (non-hydrogen) atoms. The fraction of sp³-hybridized carbons (Fsp3) is 0.750. The predicted molar refractivity (Wildman–Crippen MR) is 61.1 cm³/mol. The molecule has 0 spiro atoms. The molecule has 0 bridgehead atoms. The summed E-state index contributed by atoms with van der Waals surface area (Å²) in [6.45, 7) is 3.62. The van der Waals surface area contributed by atoms with Crippen molar-refractivity contribution in [2.24, 2.45) is 5.73 Å². The molecule has 1 aliphatic rings. The third kappa shape index (κ3) is 3.56. The van der Waals surface area contributed by atoms with Gasteiger partial charge in [0.05, 0.1) is 5.54 Å². The number of nitrogens with two attached hydrogens (primary N) is 1. The lowest BCUT2D eigenvalue weighted by atomic mass is 9.93. The fourth-order valence-electron chi connectivity index (χ4n) is 2.00. The minimum atomic E-state index is -0.577. The highest BCUT2D eigenvalue weighted by Crippen LogP contribution is 2.29. The van der Waals surface area contributed by atoms with Crippen LogP contribution in [0.25, 0.3) is 0 Å². The average Bonchev–Trinajstić information content (AvgIpc) is 2.50. The van der Waals surface area contributed by atoms with Gasteiger partial charge in [0, 0.05) is 12.0 Å². The SMILES string of the molecule is C#CC(C)(C)NC(=O)CC1(N)CCCC1. The van der Waals surface area contributed by atoms with E-state index in [-0.39, 0.29) is 11.4 Å². The lowest BCUT2D eigenvalue weighted by molar-refractivity contribution is -0.123. The van der Waals surface area contributed by atoms with Crippen molar-refractivity contribution >= 4 is 5.91 Å². The molecule has 1 amide bonds. The van der Waals surface area contributed by atoms with E-state index >= 15 is 0 Å². The first kappa shape index (κ1) is 12.1. The Bertz CT molecular complexity index is 282. The molecule has 0 aromatic rings. The second-order valence-electron chi connectivity index (χ2n) is 5.06. The zero-order valence-electron chi connectivity index (χ0n) is 9.60. The number of rotatable bonds is 3.